The third kappa shape index (κ3) is 4.27. The Morgan fingerprint density at radius 2 is 1.83 bits per heavy atom. The zero-order chi connectivity index (χ0) is 24.5. The molecule has 8 nitrogen and oxygen atoms in total. The molecular weight excluding hydrogens is 481 g/mol. The maximum absolute atomic E-state index is 13.7. The first kappa shape index (κ1) is 22.2. The summed E-state index contributed by atoms with van der Waals surface area (Å²) in [7, 11) is 0. The number of hydrogen-bond donors (Lipinski definition) is 2. The second-order valence-corrected chi connectivity index (χ2v) is 9.00. The number of ether oxygens (including phenoxy) is 2. The number of halogens is 1. The maximum atomic E-state index is 13.7. The van der Waals surface area contributed by atoms with Crippen molar-refractivity contribution in [3.63, 3.8) is 0 Å². The number of H-pyrrole nitrogens is 1. The number of aromatic nitrogens is 4. The summed E-state index contributed by atoms with van der Waals surface area (Å²) >= 11 is 1.24. The van der Waals surface area contributed by atoms with E-state index in [2.05, 4.69) is 20.5 Å². The van der Waals surface area contributed by atoms with Gasteiger partial charge in [0.05, 0.1) is 5.75 Å². The monoisotopic (exact) mass is 501 g/mol. The van der Waals surface area contributed by atoms with Gasteiger partial charge in [0.1, 0.15) is 19.0 Å². The molecule has 0 fully saturated rings. The summed E-state index contributed by atoms with van der Waals surface area (Å²) in [5, 5.41) is 13.2. The summed E-state index contributed by atoms with van der Waals surface area (Å²) < 4.78 is 26.6. The lowest BCUT2D eigenvalue weighted by molar-refractivity contribution is -0.113. The molecule has 0 saturated heterocycles. The smallest absolute Gasteiger partial charge is 0.234 e. The van der Waals surface area contributed by atoms with Crippen LogP contribution in [-0.4, -0.2) is 44.6 Å². The van der Waals surface area contributed by atoms with Crippen LogP contribution in [-0.2, 0) is 4.79 Å². The highest BCUT2D eigenvalue weighted by Gasteiger charge is 2.20. The molecular formula is C26H20FN5O3S. The number of anilines is 1. The van der Waals surface area contributed by atoms with Crippen LogP contribution in [0.4, 0.5) is 10.1 Å². The van der Waals surface area contributed by atoms with Crippen molar-refractivity contribution in [3.8, 4) is 28.6 Å². The van der Waals surface area contributed by atoms with Gasteiger partial charge in [-0.3, -0.25) is 9.36 Å². The lowest BCUT2D eigenvalue weighted by atomic mass is 10.1. The van der Waals surface area contributed by atoms with E-state index in [1.165, 1.54) is 23.9 Å². The minimum Gasteiger partial charge on any atom is -0.486 e. The molecule has 1 amide bonds. The normalized spacial score (nSPS) is 12.6. The zero-order valence-corrected chi connectivity index (χ0v) is 19.7. The Morgan fingerprint density at radius 1 is 1.03 bits per heavy atom. The van der Waals surface area contributed by atoms with Gasteiger partial charge in [0, 0.05) is 40.1 Å². The molecule has 0 bridgehead atoms. The second-order valence-electron chi connectivity index (χ2n) is 8.06. The number of benzene rings is 3. The third-order valence-electron chi connectivity index (χ3n) is 5.71. The molecule has 2 N–H and O–H groups in total. The Hall–Kier alpha value is -4.31. The first-order valence-corrected chi connectivity index (χ1v) is 12.2. The first-order chi connectivity index (χ1) is 17.7. The highest BCUT2D eigenvalue weighted by atomic mass is 32.2. The Kier molecular flexibility index (Phi) is 5.78. The molecule has 0 saturated carbocycles. The van der Waals surface area contributed by atoms with Crippen LogP contribution in [0.5, 0.6) is 11.5 Å². The van der Waals surface area contributed by atoms with Gasteiger partial charge in [0.15, 0.2) is 22.5 Å². The van der Waals surface area contributed by atoms with Crippen LogP contribution >= 0.6 is 11.8 Å². The van der Waals surface area contributed by atoms with Crippen LogP contribution in [0, 0.1) is 5.82 Å². The van der Waals surface area contributed by atoms with E-state index in [0.29, 0.717) is 47.1 Å². The third-order valence-corrected chi connectivity index (χ3v) is 6.64. The number of fused-ring (bicyclic) bond motifs is 2. The van der Waals surface area contributed by atoms with Gasteiger partial charge >= 0.3 is 0 Å². The van der Waals surface area contributed by atoms with Gasteiger partial charge in [-0.2, -0.15) is 0 Å². The number of para-hydroxylation sites is 1. The van der Waals surface area contributed by atoms with Gasteiger partial charge in [-0.15, -0.1) is 10.2 Å². The summed E-state index contributed by atoms with van der Waals surface area (Å²) in [4.78, 5) is 16.0. The summed E-state index contributed by atoms with van der Waals surface area (Å²) in [6.45, 7) is 0.975. The fourth-order valence-corrected chi connectivity index (χ4v) is 4.82. The average molecular weight is 502 g/mol. The Morgan fingerprint density at radius 3 is 2.69 bits per heavy atom. The second kappa shape index (κ2) is 9.38. The molecule has 36 heavy (non-hydrogen) atoms. The molecule has 2 aromatic heterocycles. The number of aromatic amines is 1. The minimum atomic E-state index is -0.339. The lowest BCUT2D eigenvalue weighted by Gasteiger charge is -2.19. The van der Waals surface area contributed by atoms with Gasteiger partial charge < -0.3 is 19.8 Å². The van der Waals surface area contributed by atoms with Crippen molar-refractivity contribution in [1.29, 1.82) is 0 Å². The molecule has 180 valence electrons. The van der Waals surface area contributed by atoms with Gasteiger partial charge in [0.25, 0.3) is 0 Å². The number of hydrogen-bond acceptors (Lipinski definition) is 6. The molecule has 1 aliphatic rings. The molecule has 10 heteroatoms. The van der Waals surface area contributed by atoms with Crippen LogP contribution in [0.3, 0.4) is 0 Å². The molecule has 5 aromatic rings. The van der Waals surface area contributed by atoms with Gasteiger partial charge in [-0.05, 0) is 42.5 Å². The molecule has 0 radical (unpaired) electrons. The lowest BCUT2D eigenvalue weighted by Crippen LogP contribution is -2.17. The van der Waals surface area contributed by atoms with Crippen molar-refractivity contribution in [1.82, 2.24) is 19.7 Å². The molecule has 0 aliphatic carbocycles. The van der Waals surface area contributed by atoms with Crippen LogP contribution in [0.2, 0.25) is 0 Å². The standard InChI is InChI=1S/C26H20FN5O3S/c27-16-5-8-18(9-6-16)32-25(20-14-28-21-4-2-1-3-19(20)21)30-31-26(32)36-15-24(33)29-17-7-10-22-23(13-17)35-12-11-34-22/h1-10,13-14,28H,11-12,15H2,(H,29,33). The largest absolute Gasteiger partial charge is 0.486 e. The van der Waals surface area contributed by atoms with E-state index < -0.39 is 0 Å². The fourth-order valence-electron chi connectivity index (χ4n) is 4.07. The van der Waals surface area contributed by atoms with E-state index >= 15 is 0 Å². The molecule has 3 aromatic carbocycles. The predicted octanol–water partition coefficient (Wildman–Crippen LogP) is 5.06. The number of nitrogens with one attached hydrogen (secondary N) is 2. The fraction of sp³-hybridized carbons (Fsp3) is 0.115. The van der Waals surface area contributed by atoms with Crippen molar-refractivity contribution >= 4 is 34.3 Å². The first-order valence-electron chi connectivity index (χ1n) is 11.3. The van der Waals surface area contributed by atoms with E-state index in [9.17, 15) is 9.18 Å². The molecule has 0 unspecified atom stereocenters. The number of thioether (sulfide) groups is 1. The summed E-state index contributed by atoms with van der Waals surface area (Å²) in [5.41, 5.74) is 3.13. The van der Waals surface area contributed by atoms with Crippen LogP contribution in [0.1, 0.15) is 0 Å². The van der Waals surface area contributed by atoms with Gasteiger partial charge in [0.2, 0.25) is 5.91 Å². The SMILES string of the molecule is O=C(CSc1nnc(-c2c[nH]c3ccccc23)n1-c1ccc(F)cc1)Nc1ccc2c(c1)OCCO2. The van der Waals surface area contributed by atoms with Crippen molar-refractivity contribution in [3.05, 3.63) is 78.7 Å². The molecule has 0 spiro atoms. The topological polar surface area (TPSA) is 94.1 Å². The number of nitrogens with zero attached hydrogens (tertiary/aromatic N) is 3. The summed E-state index contributed by atoms with van der Waals surface area (Å²) in [5.74, 6) is 1.40. The Labute approximate surface area is 209 Å². The minimum absolute atomic E-state index is 0.0989. The van der Waals surface area contributed by atoms with Crippen molar-refractivity contribution < 1.29 is 18.7 Å². The van der Waals surface area contributed by atoms with Gasteiger partial charge in [-0.25, -0.2) is 4.39 Å². The molecule has 1 aliphatic heterocycles. The quantitative estimate of drug-likeness (QED) is 0.316. The van der Waals surface area contributed by atoms with E-state index in [4.69, 9.17) is 9.47 Å². The summed E-state index contributed by atoms with van der Waals surface area (Å²) in [6.07, 6.45) is 1.87. The van der Waals surface area contributed by atoms with Crippen molar-refractivity contribution in [2.45, 2.75) is 5.16 Å². The average Bonchev–Trinajstić information content (AvgIpc) is 3.52. The number of rotatable bonds is 6. The molecule has 0 atom stereocenters. The van der Waals surface area contributed by atoms with E-state index in [0.717, 1.165) is 16.5 Å². The Bertz CT molecular complexity index is 1560. The van der Waals surface area contributed by atoms with E-state index in [1.54, 1.807) is 30.3 Å². The van der Waals surface area contributed by atoms with E-state index in [-0.39, 0.29) is 17.5 Å². The maximum Gasteiger partial charge on any atom is 0.234 e. The van der Waals surface area contributed by atoms with Crippen LogP contribution in [0.15, 0.2) is 78.1 Å². The van der Waals surface area contributed by atoms with Crippen LogP contribution < -0.4 is 14.8 Å². The number of carbonyl (C=O) groups excluding carboxylic acids is 1. The number of carbonyl (C=O) groups is 1. The molecule has 3 heterocycles. The summed E-state index contributed by atoms with van der Waals surface area (Å²) in [6, 6.07) is 19.3. The van der Waals surface area contributed by atoms with Crippen molar-refractivity contribution in [2.24, 2.45) is 0 Å². The van der Waals surface area contributed by atoms with Crippen LogP contribution in [0.25, 0.3) is 28.0 Å². The van der Waals surface area contributed by atoms with Crippen molar-refractivity contribution in [2.75, 3.05) is 24.3 Å². The highest BCUT2D eigenvalue weighted by molar-refractivity contribution is 7.99. The molecule has 6 rings (SSSR count). The highest BCUT2D eigenvalue weighted by Crippen LogP contribution is 2.34. The number of amides is 1. The zero-order valence-electron chi connectivity index (χ0n) is 18.9. The van der Waals surface area contributed by atoms with Gasteiger partial charge in [-0.1, -0.05) is 30.0 Å². The Balaban J connectivity index is 1.27. The predicted molar refractivity (Wildman–Crippen MR) is 135 cm³/mol. The van der Waals surface area contributed by atoms with E-state index in [1.807, 2.05) is 35.0 Å².